The lowest BCUT2D eigenvalue weighted by Crippen LogP contribution is -2.56. The van der Waals surface area contributed by atoms with Crippen LogP contribution in [0.5, 0.6) is 0 Å². The second-order valence-corrected chi connectivity index (χ2v) is 11.5. The molecule has 6 rings (SSSR count). The molecule has 10 atom stereocenters. The Hall–Kier alpha value is -0.980. The normalized spacial score (nSPS) is 55.6. The first-order valence-corrected chi connectivity index (χ1v) is 12.2. The molecule has 0 amide bonds. The van der Waals surface area contributed by atoms with Gasteiger partial charge in [-0.15, -0.1) is 0 Å². The average molecular weight is 416 g/mol. The van der Waals surface area contributed by atoms with Crippen LogP contribution in [0.3, 0.4) is 0 Å². The molecule has 2 aliphatic heterocycles. The molecule has 0 bridgehead atoms. The van der Waals surface area contributed by atoms with Gasteiger partial charge in [0, 0.05) is 24.3 Å². The van der Waals surface area contributed by atoms with Crippen LogP contribution < -0.4 is 5.32 Å². The number of hydrogen-bond donors (Lipinski definition) is 1. The van der Waals surface area contributed by atoms with E-state index in [4.69, 9.17) is 9.68 Å². The van der Waals surface area contributed by atoms with Gasteiger partial charge in [0.25, 0.3) is 0 Å². The van der Waals surface area contributed by atoms with Crippen LogP contribution >= 0.6 is 0 Å². The number of Topliss-reactive ketones (excluding diaryl/α,β-unsaturated/α-hetero) is 1. The van der Waals surface area contributed by atoms with E-state index in [1.165, 1.54) is 18.6 Å². The summed E-state index contributed by atoms with van der Waals surface area (Å²) in [5, 5.41) is 10.3. The summed E-state index contributed by atoms with van der Waals surface area (Å²) >= 11 is 0. The molecular formula is C24H37N3O3. The molecule has 2 heterocycles. The summed E-state index contributed by atoms with van der Waals surface area (Å²) in [5.41, 5.74) is 1.40. The summed E-state index contributed by atoms with van der Waals surface area (Å²) in [5.74, 6) is 2.79. The largest absolute Gasteiger partial charge is 0.399 e. The number of carbonyl (C=O) groups is 1. The van der Waals surface area contributed by atoms with Crippen LogP contribution in [0.2, 0.25) is 0 Å². The number of hydroxylamine groups is 2. The fourth-order valence-corrected chi connectivity index (χ4v) is 8.64. The standard InChI is InChI=1S/C24H37N3O3/c1-23-8-6-17-15(16(23)4-5-22(23)28)10-19(26-29-3)18-11-20-21(12-24(17,18)2)27(20)30-14-7-9-25-13-14/h14-18,20-21,25H,4-13H2,1-3H3/b26-19+/t14-,15-,16-,17-,18?,20?,21?,23-,24+,27?/m0/s1. The summed E-state index contributed by atoms with van der Waals surface area (Å²) in [6.07, 6.45) is 8.96. The van der Waals surface area contributed by atoms with E-state index in [2.05, 4.69) is 29.4 Å². The van der Waals surface area contributed by atoms with Gasteiger partial charge in [-0.2, -0.15) is 5.06 Å². The van der Waals surface area contributed by atoms with E-state index in [1.807, 2.05) is 0 Å². The van der Waals surface area contributed by atoms with Crippen molar-refractivity contribution >= 4 is 11.5 Å². The molecule has 0 aromatic rings. The van der Waals surface area contributed by atoms with E-state index >= 15 is 0 Å². The van der Waals surface area contributed by atoms with Crippen LogP contribution in [0, 0.1) is 34.5 Å². The van der Waals surface area contributed by atoms with Gasteiger partial charge in [-0.1, -0.05) is 19.0 Å². The van der Waals surface area contributed by atoms with E-state index in [-0.39, 0.29) is 10.8 Å². The van der Waals surface area contributed by atoms with Crippen molar-refractivity contribution in [3.63, 3.8) is 0 Å². The van der Waals surface area contributed by atoms with E-state index in [0.29, 0.717) is 47.6 Å². The molecule has 0 radical (unpaired) electrons. The van der Waals surface area contributed by atoms with Crippen LogP contribution in [-0.4, -0.2) is 54.9 Å². The lowest BCUT2D eigenvalue weighted by Gasteiger charge is -2.59. The van der Waals surface area contributed by atoms with Gasteiger partial charge in [-0.05, 0) is 74.7 Å². The number of rotatable bonds is 3. The highest BCUT2D eigenvalue weighted by Crippen LogP contribution is 2.67. The molecule has 4 aliphatic carbocycles. The van der Waals surface area contributed by atoms with E-state index in [9.17, 15) is 4.79 Å². The third kappa shape index (κ3) is 2.65. The molecule has 2 saturated heterocycles. The third-order valence-electron chi connectivity index (χ3n) is 10.3. The van der Waals surface area contributed by atoms with Gasteiger partial charge in [-0.3, -0.25) is 9.63 Å². The number of oxime groups is 1. The first-order valence-electron chi connectivity index (χ1n) is 12.2. The molecular weight excluding hydrogens is 378 g/mol. The maximum Gasteiger partial charge on any atom is 0.139 e. The SMILES string of the molecule is CO/N=C1\C[C@@H]2[C@H](CC[C@]3(C)C(=O)CC[C@@H]23)[C@@]2(C)CC3C(CC12)N3O[C@H]1CCNC1. The zero-order chi connectivity index (χ0) is 20.7. The highest BCUT2D eigenvalue weighted by molar-refractivity contribution is 5.90. The number of nitrogens with one attached hydrogen (secondary N) is 1. The van der Waals surface area contributed by atoms with Crippen LogP contribution in [0.15, 0.2) is 5.16 Å². The fourth-order valence-electron chi connectivity index (χ4n) is 8.64. The van der Waals surface area contributed by atoms with Gasteiger partial charge in [0.2, 0.25) is 0 Å². The minimum Gasteiger partial charge on any atom is -0.399 e. The van der Waals surface area contributed by atoms with Crippen molar-refractivity contribution < 1.29 is 14.5 Å². The predicted octanol–water partition coefficient (Wildman–Crippen LogP) is 3.17. The van der Waals surface area contributed by atoms with E-state index in [0.717, 1.165) is 51.6 Å². The summed E-state index contributed by atoms with van der Waals surface area (Å²) in [6.45, 7) is 6.84. The first-order chi connectivity index (χ1) is 14.5. The zero-order valence-corrected chi connectivity index (χ0v) is 18.7. The molecule has 0 aromatic heterocycles. The van der Waals surface area contributed by atoms with Crippen molar-refractivity contribution in [3.8, 4) is 0 Å². The second kappa shape index (κ2) is 6.76. The molecule has 0 spiro atoms. The summed E-state index contributed by atoms with van der Waals surface area (Å²) in [7, 11) is 1.69. The number of carbonyl (C=O) groups excluding carboxylic acids is 1. The Morgan fingerprint density at radius 3 is 2.80 bits per heavy atom. The maximum absolute atomic E-state index is 12.8. The van der Waals surface area contributed by atoms with Gasteiger partial charge in [-0.25, -0.2) is 0 Å². The van der Waals surface area contributed by atoms with Crippen molar-refractivity contribution in [2.24, 2.45) is 39.7 Å². The molecule has 6 nitrogen and oxygen atoms in total. The summed E-state index contributed by atoms with van der Waals surface area (Å²) < 4.78 is 0. The van der Waals surface area contributed by atoms with Crippen LogP contribution in [0.1, 0.15) is 65.2 Å². The van der Waals surface area contributed by atoms with E-state index < -0.39 is 0 Å². The maximum atomic E-state index is 12.8. The molecule has 30 heavy (non-hydrogen) atoms. The lowest BCUT2D eigenvalue weighted by molar-refractivity contribution is -0.134. The topological polar surface area (TPSA) is 62.9 Å². The van der Waals surface area contributed by atoms with Crippen LogP contribution in [0.4, 0.5) is 0 Å². The molecule has 6 heteroatoms. The summed E-state index contributed by atoms with van der Waals surface area (Å²) in [6, 6.07) is 1.11. The van der Waals surface area contributed by atoms with Gasteiger partial charge < -0.3 is 10.2 Å². The Balaban J connectivity index is 1.29. The van der Waals surface area contributed by atoms with Crippen molar-refractivity contribution in [1.82, 2.24) is 10.4 Å². The van der Waals surface area contributed by atoms with Crippen molar-refractivity contribution in [1.29, 1.82) is 0 Å². The Morgan fingerprint density at radius 2 is 2.03 bits per heavy atom. The molecule has 0 aromatic carbocycles. The molecule has 4 saturated carbocycles. The highest BCUT2D eigenvalue weighted by Gasteiger charge is 2.67. The average Bonchev–Trinajstić information content (AvgIpc) is 3.04. The fraction of sp³-hybridized carbons (Fsp3) is 0.917. The molecule has 6 aliphatic rings. The van der Waals surface area contributed by atoms with Gasteiger partial charge in [0.05, 0.1) is 23.9 Å². The smallest absolute Gasteiger partial charge is 0.139 e. The molecule has 1 N–H and O–H groups in total. The number of ketones is 1. The van der Waals surface area contributed by atoms with E-state index in [1.54, 1.807) is 7.11 Å². The number of fused-ring (bicyclic) bond motifs is 6. The Morgan fingerprint density at radius 1 is 1.17 bits per heavy atom. The minimum atomic E-state index is -0.0933. The molecule has 4 unspecified atom stereocenters. The quantitative estimate of drug-likeness (QED) is 0.567. The zero-order valence-electron chi connectivity index (χ0n) is 18.7. The number of nitrogens with zero attached hydrogens (tertiary/aromatic N) is 2. The van der Waals surface area contributed by atoms with Gasteiger partial charge >= 0.3 is 0 Å². The third-order valence-corrected chi connectivity index (χ3v) is 10.3. The van der Waals surface area contributed by atoms with Crippen LogP contribution in [-0.2, 0) is 14.5 Å². The molecule has 166 valence electrons. The Bertz CT molecular complexity index is 765. The van der Waals surface area contributed by atoms with Gasteiger partial charge in [0.15, 0.2) is 0 Å². The molecule has 6 fully saturated rings. The first kappa shape index (κ1) is 19.7. The van der Waals surface area contributed by atoms with Crippen molar-refractivity contribution in [2.75, 3.05) is 20.2 Å². The number of hydrogen-bond acceptors (Lipinski definition) is 6. The lowest BCUT2D eigenvalue weighted by atomic mass is 9.45. The Labute approximate surface area is 180 Å². The van der Waals surface area contributed by atoms with Crippen molar-refractivity contribution in [2.45, 2.75) is 83.4 Å². The monoisotopic (exact) mass is 415 g/mol. The second-order valence-electron chi connectivity index (χ2n) is 11.5. The van der Waals surface area contributed by atoms with Crippen LogP contribution in [0.25, 0.3) is 0 Å². The Kier molecular flexibility index (Phi) is 4.43. The highest BCUT2D eigenvalue weighted by atomic mass is 16.7. The van der Waals surface area contributed by atoms with Gasteiger partial charge in [0.1, 0.15) is 12.9 Å². The predicted molar refractivity (Wildman–Crippen MR) is 114 cm³/mol. The summed E-state index contributed by atoms with van der Waals surface area (Å²) in [4.78, 5) is 24.5. The van der Waals surface area contributed by atoms with Crippen molar-refractivity contribution in [3.05, 3.63) is 0 Å². The minimum absolute atomic E-state index is 0.0933.